The number of carboxylic acids is 1. The van der Waals surface area contributed by atoms with Gasteiger partial charge in [0.15, 0.2) is 0 Å². The van der Waals surface area contributed by atoms with Crippen molar-refractivity contribution in [3.8, 4) is 11.1 Å². The number of carbonyl (C=O) groups is 1. The van der Waals surface area contributed by atoms with Gasteiger partial charge in [0.25, 0.3) is 5.56 Å². The van der Waals surface area contributed by atoms with Gasteiger partial charge in [0.1, 0.15) is 0 Å². The predicted molar refractivity (Wildman–Crippen MR) is 114 cm³/mol. The highest BCUT2D eigenvalue weighted by Gasteiger charge is 2.11. The van der Waals surface area contributed by atoms with Crippen LogP contribution in [0.15, 0.2) is 65.6 Å². The Balaban J connectivity index is 1.74. The molecule has 0 amide bonds. The lowest BCUT2D eigenvalue weighted by molar-refractivity contribution is 0.0697. The molecule has 2 heterocycles. The van der Waals surface area contributed by atoms with E-state index in [1.165, 1.54) is 0 Å². The van der Waals surface area contributed by atoms with Gasteiger partial charge in [-0.05, 0) is 46.3 Å². The zero-order chi connectivity index (χ0) is 19.7. The van der Waals surface area contributed by atoms with Gasteiger partial charge < -0.3 is 10.1 Å². The quantitative estimate of drug-likeness (QED) is 0.440. The minimum atomic E-state index is -0.936. The number of nitrogens with one attached hydrogen (secondary N) is 1. The van der Waals surface area contributed by atoms with E-state index in [0.29, 0.717) is 12.0 Å². The predicted octanol–water partition coefficient (Wildman–Crippen LogP) is 5.28. The molecule has 0 unspecified atom stereocenters. The highest BCUT2D eigenvalue weighted by atomic mass is 35.5. The van der Waals surface area contributed by atoms with Crippen LogP contribution in [0.25, 0.3) is 21.2 Å². The molecule has 0 spiro atoms. The molecule has 0 fully saturated rings. The molecule has 2 N–H and O–H groups in total. The molecule has 0 saturated carbocycles. The molecule has 28 heavy (non-hydrogen) atoms. The average molecular weight is 410 g/mol. The van der Waals surface area contributed by atoms with Crippen LogP contribution in [0.5, 0.6) is 0 Å². The van der Waals surface area contributed by atoms with E-state index in [0.717, 1.165) is 31.7 Å². The molecule has 0 aliphatic carbocycles. The summed E-state index contributed by atoms with van der Waals surface area (Å²) in [6, 6.07) is 17.0. The fourth-order valence-electron chi connectivity index (χ4n) is 3.24. The van der Waals surface area contributed by atoms with Crippen molar-refractivity contribution in [1.82, 2.24) is 4.98 Å². The number of benzene rings is 2. The standard InChI is InChI=1S/C22H16ClNO3S/c23-11-17-7-13(12-24-21(17)25)8-18-10-15-4-2-6-19(20(15)28-18)14-3-1-5-16(9-14)22(26)27/h1-7,9-10,12H,8,11H2,(H,24,25)(H,26,27). The van der Waals surface area contributed by atoms with Gasteiger partial charge in [-0.3, -0.25) is 4.79 Å². The summed E-state index contributed by atoms with van der Waals surface area (Å²) in [4.78, 5) is 26.9. The van der Waals surface area contributed by atoms with Crippen molar-refractivity contribution in [2.75, 3.05) is 0 Å². The third-order valence-corrected chi connectivity index (χ3v) is 6.05. The summed E-state index contributed by atoms with van der Waals surface area (Å²) in [7, 11) is 0. The number of H-pyrrole nitrogens is 1. The summed E-state index contributed by atoms with van der Waals surface area (Å²) in [5.41, 5.74) is 3.57. The van der Waals surface area contributed by atoms with Crippen LogP contribution in [0.1, 0.15) is 26.4 Å². The second-order valence-corrected chi connectivity index (χ2v) is 7.90. The van der Waals surface area contributed by atoms with Crippen molar-refractivity contribution in [3.05, 3.63) is 92.7 Å². The summed E-state index contributed by atoms with van der Waals surface area (Å²) in [5, 5.41) is 10.4. The number of carboxylic acid groups (broad SMARTS) is 1. The molecule has 4 rings (SSSR count). The number of pyridine rings is 1. The second-order valence-electron chi connectivity index (χ2n) is 6.50. The van der Waals surface area contributed by atoms with E-state index in [4.69, 9.17) is 11.6 Å². The largest absolute Gasteiger partial charge is 0.478 e. The first-order valence-electron chi connectivity index (χ1n) is 8.67. The lowest BCUT2D eigenvalue weighted by atomic mass is 10.0. The monoisotopic (exact) mass is 409 g/mol. The molecule has 0 bridgehead atoms. The molecule has 0 aliphatic heterocycles. The molecule has 0 atom stereocenters. The van der Waals surface area contributed by atoms with E-state index >= 15 is 0 Å². The highest BCUT2D eigenvalue weighted by molar-refractivity contribution is 7.19. The zero-order valence-corrected chi connectivity index (χ0v) is 16.3. The second kappa shape index (κ2) is 7.62. The SMILES string of the molecule is O=C(O)c1cccc(-c2cccc3cc(Cc4c[nH]c(=O)c(CCl)c4)sc23)c1. The third kappa shape index (κ3) is 3.59. The molecule has 0 aliphatic rings. The number of aromatic amines is 1. The summed E-state index contributed by atoms with van der Waals surface area (Å²) in [6.07, 6.45) is 2.41. The topological polar surface area (TPSA) is 70.2 Å². The number of fused-ring (bicyclic) bond motifs is 1. The highest BCUT2D eigenvalue weighted by Crippen LogP contribution is 2.36. The Morgan fingerprint density at radius 1 is 1.11 bits per heavy atom. The molecular formula is C22H16ClNO3S. The van der Waals surface area contributed by atoms with Crippen LogP contribution in [0.4, 0.5) is 0 Å². The van der Waals surface area contributed by atoms with Crippen LogP contribution in [-0.4, -0.2) is 16.1 Å². The van der Waals surface area contributed by atoms with E-state index in [1.807, 2.05) is 24.3 Å². The van der Waals surface area contributed by atoms with Gasteiger partial charge in [0.05, 0.1) is 11.4 Å². The van der Waals surface area contributed by atoms with E-state index in [-0.39, 0.29) is 17.0 Å². The lowest BCUT2D eigenvalue weighted by Crippen LogP contribution is -2.11. The number of aromatic nitrogens is 1. The Morgan fingerprint density at radius 2 is 1.93 bits per heavy atom. The fraction of sp³-hybridized carbons (Fsp3) is 0.0909. The first kappa shape index (κ1) is 18.5. The number of hydrogen-bond donors (Lipinski definition) is 2. The van der Waals surface area contributed by atoms with Crippen LogP contribution in [-0.2, 0) is 12.3 Å². The maximum Gasteiger partial charge on any atom is 0.335 e. The van der Waals surface area contributed by atoms with Crippen molar-refractivity contribution < 1.29 is 9.90 Å². The molecule has 4 nitrogen and oxygen atoms in total. The van der Waals surface area contributed by atoms with Crippen molar-refractivity contribution in [2.24, 2.45) is 0 Å². The van der Waals surface area contributed by atoms with E-state index in [1.54, 1.807) is 35.7 Å². The fourth-order valence-corrected chi connectivity index (χ4v) is 4.66. The van der Waals surface area contributed by atoms with Crippen molar-refractivity contribution in [3.63, 3.8) is 0 Å². The number of alkyl halides is 1. The van der Waals surface area contributed by atoms with Gasteiger partial charge >= 0.3 is 5.97 Å². The minimum Gasteiger partial charge on any atom is -0.478 e. The van der Waals surface area contributed by atoms with Crippen LogP contribution < -0.4 is 5.56 Å². The van der Waals surface area contributed by atoms with Crippen molar-refractivity contribution >= 4 is 39.0 Å². The van der Waals surface area contributed by atoms with Gasteiger partial charge in [-0.15, -0.1) is 22.9 Å². The smallest absolute Gasteiger partial charge is 0.335 e. The molecule has 0 radical (unpaired) electrons. The summed E-state index contributed by atoms with van der Waals surface area (Å²) in [6.45, 7) is 0. The van der Waals surface area contributed by atoms with Crippen LogP contribution in [0, 0.1) is 0 Å². The molecule has 140 valence electrons. The normalized spacial score (nSPS) is 11.0. The maximum atomic E-state index is 11.7. The molecular weight excluding hydrogens is 394 g/mol. The molecule has 2 aromatic heterocycles. The van der Waals surface area contributed by atoms with Gasteiger partial charge in [-0.1, -0.05) is 30.3 Å². The van der Waals surface area contributed by atoms with E-state index < -0.39 is 5.97 Å². The van der Waals surface area contributed by atoms with Gasteiger partial charge in [-0.25, -0.2) is 4.79 Å². The Kier molecular flexibility index (Phi) is 5.03. The van der Waals surface area contributed by atoms with Crippen LogP contribution in [0.2, 0.25) is 0 Å². The molecule has 4 aromatic rings. The van der Waals surface area contributed by atoms with Gasteiger partial charge in [0.2, 0.25) is 0 Å². The third-order valence-electron chi connectivity index (χ3n) is 4.58. The molecule has 6 heteroatoms. The number of halogens is 1. The first-order chi connectivity index (χ1) is 13.5. The van der Waals surface area contributed by atoms with Crippen LogP contribution in [0.3, 0.4) is 0 Å². The van der Waals surface area contributed by atoms with E-state index in [2.05, 4.69) is 17.1 Å². The number of aromatic carboxylic acids is 1. The zero-order valence-electron chi connectivity index (χ0n) is 14.7. The number of hydrogen-bond acceptors (Lipinski definition) is 3. The Morgan fingerprint density at radius 3 is 2.71 bits per heavy atom. The summed E-state index contributed by atoms with van der Waals surface area (Å²) < 4.78 is 1.11. The Hall–Kier alpha value is -2.89. The maximum absolute atomic E-state index is 11.7. The summed E-state index contributed by atoms with van der Waals surface area (Å²) in [5.74, 6) is -0.756. The van der Waals surface area contributed by atoms with Crippen molar-refractivity contribution in [2.45, 2.75) is 12.3 Å². The lowest BCUT2D eigenvalue weighted by Gasteiger charge is -2.04. The molecule has 2 aromatic carbocycles. The Labute approximate surface area is 170 Å². The van der Waals surface area contributed by atoms with E-state index in [9.17, 15) is 14.7 Å². The van der Waals surface area contributed by atoms with Gasteiger partial charge in [-0.2, -0.15) is 0 Å². The first-order valence-corrected chi connectivity index (χ1v) is 10.0. The molecule has 0 saturated heterocycles. The number of rotatable bonds is 5. The minimum absolute atomic E-state index is 0.157. The number of thiophene rings is 1. The van der Waals surface area contributed by atoms with Crippen LogP contribution >= 0.6 is 22.9 Å². The van der Waals surface area contributed by atoms with Crippen molar-refractivity contribution in [1.29, 1.82) is 0 Å². The average Bonchev–Trinajstić information content (AvgIpc) is 3.12. The Bertz CT molecular complexity index is 1240. The summed E-state index contributed by atoms with van der Waals surface area (Å²) >= 11 is 7.51. The van der Waals surface area contributed by atoms with Gasteiger partial charge in [0, 0.05) is 27.8 Å².